The average molecular weight is 377 g/mol. The molecule has 1 aromatic heterocycles. The Kier molecular flexibility index (Phi) is 6.63. The monoisotopic (exact) mass is 377 g/mol. The minimum Gasteiger partial charge on any atom is -0.493 e. The molecule has 5 heteroatoms. The highest BCUT2D eigenvalue weighted by molar-refractivity contribution is 5.81. The van der Waals surface area contributed by atoms with Crippen molar-refractivity contribution in [3.05, 3.63) is 83.8 Å². The van der Waals surface area contributed by atoms with Gasteiger partial charge < -0.3 is 13.9 Å². The van der Waals surface area contributed by atoms with Gasteiger partial charge in [-0.15, -0.1) is 0 Å². The lowest BCUT2D eigenvalue weighted by Gasteiger charge is -2.06. The first-order chi connectivity index (χ1) is 13.7. The summed E-state index contributed by atoms with van der Waals surface area (Å²) < 4.78 is 16.2. The molecule has 5 nitrogen and oxygen atoms in total. The van der Waals surface area contributed by atoms with E-state index in [2.05, 4.69) is 9.72 Å². The normalized spacial score (nSPS) is 10.9. The molecule has 144 valence electrons. The van der Waals surface area contributed by atoms with Crippen molar-refractivity contribution in [1.29, 1.82) is 0 Å². The van der Waals surface area contributed by atoms with Crippen molar-refractivity contribution in [2.24, 2.45) is 0 Å². The van der Waals surface area contributed by atoms with Crippen LogP contribution >= 0.6 is 0 Å². The van der Waals surface area contributed by atoms with Gasteiger partial charge in [0.25, 0.3) is 0 Å². The molecule has 0 amide bonds. The van der Waals surface area contributed by atoms with E-state index < -0.39 is 0 Å². The molecule has 0 aliphatic heterocycles. The summed E-state index contributed by atoms with van der Waals surface area (Å²) in [4.78, 5) is 15.7. The number of aromatic nitrogens is 1. The quantitative estimate of drug-likeness (QED) is 0.426. The number of hydrogen-bond acceptors (Lipinski definition) is 5. The summed E-state index contributed by atoms with van der Waals surface area (Å²) in [5.74, 6) is 1.87. The Bertz CT molecular complexity index is 944. The lowest BCUT2D eigenvalue weighted by atomic mass is 10.1. The maximum Gasteiger partial charge on any atom is 0.330 e. The fourth-order valence-corrected chi connectivity index (χ4v) is 2.75. The summed E-state index contributed by atoms with van der Waals surface area (Å²) >= 11 is 0. The number of esters is 1. The van der Waals surface area contributed by atoms with E-state index in [9.17, 15) is 4.79 Å². The maximum atomic E-state index is 11.1. The van der Waals surface area contributed by atoms with E-state index in [4.69, 9.17) is 9.15 Å². The standard InChI is InChI=1S/C23H23NO4/c1-17-21(24-23(28-17)19-10-4-3-5-11-19)14-15-27-20-12-6-8-18(16-20)9-7-13-22(25)26-2/h3-8,10-13,16H,9,14-15H2,1-2H3/b13-7+. The van der Waals surface area contributed by atoms with Crippen LogP contribution in [0.3, 0.4) is 0 Å². The second-order valence-corrected chi connectivity index (χ2v) is 6.26. The van der Waals surface area contributed by atoms with Gasteiger partial charge in [-0.25, -0.2) is 9.78 Å². The third-order valence-corrected chi connectivity index (χ3v) is 4.23. The van der Waals surface area contributed by atoms with Crippen molar-refractivity contribution >= 4 is 5.97 Å². The molecular formula is C23H23NO4. The van der Waals surface area contributed by atoms with E-state index in [1.54, 1.807) is 6.08 Å². The molecule has 0 aliphatic rings. The van der Waals surface area contributed by atoms with Crippen molar-refractivity contribution in [1.82, 2.24) is 4.98 Å². The van der Waals surface area contributed by atoms with Gasteiger partial charge in [-0.3, -0.25) is 0 Å². The molecule has 0 unspecified atom stereocenters. The fourth-order valence-electron chi connectivity index (χ4n) is 2.75. The number of hydrogen-bond donors (Lipinski definition) is 0. The number of allylic oxidation sites excluding steroid dienone is 1. The minimum absolute atomic E-state index is 0.356. The lowest BCUT2D eigenvalue weighted by Crippen LogP contribution is -2.03. The Labute approximate surface area is 164 Å². The van der Waals surface area contributed by atoms with Crippen LogP contribution in [-0.4, -0.2) is 24.7 Å². The van der Waals surface area contributed by atoms with Gasteiger partial charge in [-0.2, -0.15) is 0 Å². The fraction of sp³-hybridized carbons (Fsp3) is 0.217. The van der Waals surface area contributed by atoms with E-state index >= 15 is 0 Å². The van der Waals surface area contributed by atoms with Crippen molar-refractivity contribution in [2.75, 3.05) is 13.7 Å². The summed E-state index contributed by atoms with van der Waals surface area (Å²) in [7, 11) is 1.36. The van der Waals surface area contributed by atoms with E-state index in [1.807, 2.05) is 61.5 Å². The average Bonchev–Trinajstić information content (AvgIpc) is 3.09. The van der Waals surface area contributed by atoms with Gasteiger partial charge in [0.2, 0.25) is 5.89 Å². The summed E-state index contributed by atoms with van der Waals surface area (Å²) in [5, 5.41) is 0. The van der Waals surface area contributed by atoms with E-state index in [0.717, 1.165) is 28.3 Å². The second-order valence-electron chi connectivity index (χ2n) is 6.26. The summed E-state index contributed by atoms with van der Waals surface area (Å²) in [6.07, 6.45) is 4.49. The molecule has 0 saturated heterocycles. The highest BCUT2D eigenvalue weighted by Crippen LogP contribution is 2.22. The molecule has 0 saturated carbocycles. The Balaban J connectivity index is 1.55. The van der Waals surface area contributed by atoms with Gasteiger partial charge in [-0.05, 0) is 43.2 Å². The van der Waals surface area contributed by atoms with Gasteiger partial charge in [0, 0.05) is 18.1 Å². The lowest BCUT2D eigenvalue weighted by molar-refractivity contribution is -0.134. The molecule has 0 atom stereocenters. The number of nitrogens with zero attached hydrogens (tertiary/aromatic N) is 1. The highest BCUT2D eigenvalue weighted by atomic mass is 16.5. The zero-order chi connectivity index (χ0) is 19.8. The van der Waals surface area contributed by atoms with Crippen molar-refractivity contribution < 1.29 is 18.7 Å². The SMILES string of the molecule is COC(=O)/C=C/Cc1cccc(OCCc2nc(-c3ccccc3)oc2C)c1. The van der Waals surface area contributed by atoms with Crippen LogP contribution in [0.1, 0.15) is 17.0 Å². The second kappa shape index (κ2) is 9.55. The molecule has 3 aromatic rings. The largest absolute Gasteiger partial charge is 0.493 e. The molecule has 3 rings (SSSR count). The van der Waals surface area contributed by atoms with Gasteiger partial charge in [0.05, 0.1) is 19.4 Å². The van der Waals surface area contributed by atoms with Crippen LogP contribution in [0.5, 0.6) is 5.75 Å². The highest BCUT2D eigenvalue weighted by Gasteiger charge is 2.11. The first-order valence-corrected chi connectivity index (χ1v) is 9.13. The molecule has 1 heterocycles. The van der Waals surface area contributed by atoms with E-state index in [0.29, 0.717) is 25.3 Å². The zero-order valence-electron chi connectivity index (χ0n) is 16.1. The molecule has 0 N–H and O–H groups in total. The van der Waals surface area contributed by atoms with Crippen molar-refractivity contribution in [2.45, 2.75) is 19.8 Å². The number of rotatable bonds is 8. The van der Waals surface area contributed by atoms with Crippen LogP contribution in [0.25, 0.3) is 11.5 Å². The topological polar surface area (TPSA) is 61.6 Å². The predicted octanol–water partition coefficient (Wildman–Crippen LogP) is 4.54. The van der Waals surface area contributed by atoms with Crippen molar-refractivity contribution in [3.63, 3.8) is 0 Å². The molecular weight excluding hydrogens is 354 g/mol. The third-order valence-electron chi connectivity index (χ3n) is 4.23. The number of ether oxygens (including phenoxy) is 2. The van der Waals surface area contributed by atoms with Crippen LogP contribution in [-0.2, 0) is 22.4 Å². The summed E-state index contributed by atoms with van der Waals surface area (Å²) in [6, 6.07) is 17.7. The predicted molar refractivity (Wildman–Crippen MR) is 107 cm³/mol. The number of aryl methyl sites for hydroxylation is 1. The molecule has 2 aromatic carbocycles. The first-order valence-electron chi connectivity index (χ1n) is 9.13. The van der Waals surface area contributed by atoms with Crippen molar-refractivity contribution in [3.8, 4) is 17.2 Å². The first kappa shape index (κ1) is 19.4. The van der Waals surface area contributed by atoms with Gasteiger partial charge in [-0.1, -0.05) is 36.4 Å². The number of carbonyl (C=O) groups excluding carboxylic acids is 1. The van der Waals surface area contributed by atoms with Crippen LogP contribution in [0.4, 0.5) is 0 Å². The number of carbonyl (C=O) groups is 1. The van der Waals surface area contributed by atoms with E-state index in [-0.39, 0.29) is 5.97 Å². The molecule has 0 radical (unpaired) electrons. The molecule has 28 heavy (non-hydrogen) atoms. The molecule has 0 bridgehead atoms. The van der Waals surface area contributed by atoms with Crippen LogP contribution in [0.2, 0.25) is 0 Å². The zero-order valence-corrected chi connectivity index (χ0v) is 16.1. The van der Waals surface area contributed by atoms with E-state index in [1.165, 1.54) is 13.2 Å². The summed E-state index contributed by atoms with van der Waals surface area (Å²) in [5.41, 5.74) is 2.92. The third kappa shape index (κ3) is 5.33. The van der Waals surface area contributed by atoms with Gasteiger partial charge in [0.15, 0.2) is 0 Å². The molecule has 0 spiro atoms. The van der Waals surface area contributed by atoms with Crippen LogP contribution in [0, 0.1) is 6.92 Å². The number of benzene rings is 2. The Morgan fingerprint density at radius 2 is 1.96 bits per heavy atom. The number of oxazole rings is 1. The smallest absolute Gasteiger partial charge is 0.330 e. The van der Waals surface area contributed by atoms with Crippen LogP contribution < -0.4 is 4.74 Å². The van der Waals surface area contributed by atoms with Gasteiger partial charge in [0.1, 0.15) is 11.5 Å². The Morgan fingerprint density at radius 1 is 1.14 bits per heavy atom. The Morgan fingerprint density at radius 3 is 2.75 bits per heavy atom. The number of methoxy groups -OCH3 is 1. The molecule has 0 aliphatic carbocycles. The van der Waals surface area contributed by atoms with Crippen LogP contribution in [0.15, 0.2) is 71.2 Å². The van der Waals surface area contributed by atoms with Gasteiger partial charge >= 0.3 is 5.97 Å². The molecule has 0 fully saturated rings. The minimum atomic E-state index is -0.356. The maximum absolute atomic E-state index is 11.1. The summed E-state index contributed by atoms with van der Waals surface area (Å²) in [6.45, 7) is 2.42. The Hall–Kier alpha value is -3.34.